The Morgan fingerprint density at radius 3 is 2.29 bits per heavy atom. The predicted octanol–water partition coefficient (Wildman–Crippen LogP) is 1.12. The molecule has 0 saturated carbocycles. The van der Waals surface area contributed by atoms with E-state index < -0.39 is 40.4 Å². The van der Waals surface area contributed by atoms with E-state index in [2.05, 4.69) is 0 Å². The standard InChI is InChI=1S/C9H16F3NO3S/c1-2-8(14)6-13(7-8)17(15,16)5-3-4-9(10,11)12/h14H,2-7H2,1H3. The molecule has 8 heteroatoms. The maximum atomic E-state index is 11.9. The smallest absolute Gasteiger partial charge is 0.387 e. The molecule has 0 aromatic heterocycles. The number of nitrogens with zero attached hydrogens (tertiary/aromatic N) is 1. The van der Waals surface area contributed by atoms with Crippen molar-refractivity contribution in [1.29, 1.82) is 0 Å². The minimum absolute atomic E-state index is 0.0160. The number of alkyl halides is 3. The van der Waals surface area contributed by atoms with E-state index in [-0.39, 0.29) is 13.1 Å². The maximum absolute atomic E-state index is 11.9. The van der Waals surface area contributed by atoms with Gasteiger partial charge in [0.05, 0.1) is 11.4 Å². The summed E-state index contributed by atoms with van der Waals surface area (Å²) in [5.74, 6) is -0.522. The number of halogens is 3. The molecule has 0 aliphatic carbocycles. The largest absolute Gasteiger partial charge is 0.389 e. The van der Waals surface area contributed by atoms with E-state index >= 15 is 0 Å². The van der Waals surface area contributed by atoms with E-state index in [1.807, 2.05) is 0 Å². The Kier molecular flexibility index (Phi) is 4.10. The van der Waals surface area contributed by atoms with Crippen LogP contribution in [0, 0.1) is 0 Å². The van der Waals surface area contributed by atoms with E-state index in [1.54, 1.807) is 6.92 Å². The summed E-state index contributed by atoms with van der Waals surface area (Å²) >= 11 is 0. The predicted molar refractivity (Wildman–Crippen MR) is 55.9 cm³/mol. The average Bonchev–Trinajstić information content (AvgIpc) is 2.10. The minimum Gasteiger partial charge on any atom is -0.387 e. The van der Waals surface area contributed by atoms with E-state index in [0.717, 1.165) is 4.31 Å². The molecule has 1 saturated heterocycles. The molecule has 17 heavy (non-hydrogen) atoms. The zero-order valence-corrected chi connectivity index (χ0v) is 10.3. The number of aliphatic hydroxyl groups is 1. The lowest BCUT2D eigenvalue weighted by Crippen LogP contribution is -2.63. The van der Waals surface area contributed by atoms with Gasteiger partial charge in [-0.05, 0) is 12.8 Å². The molecule has 0 bridgehead atoms. The number of β-amino-alcohol motifs (C(OH)–C–C–N with tert-alkyl or cyclic N) is 1. The molecule has 0 radical (unpaired) electrons. The summed E-state index contributed by atoms with van der Waals surface area (Å²) in [7, 11) is -3.65. The van der Waals surface area contributed by atoms with Crippen LogP contribution >= 0.6 is 0 Å². The van der Waals surface area contributed by atoms with Crippen LogP contribution in [-0.2, 0) is 10.0 Å². The minimum atomic E-state index is -4.32. The van der Waals surface area contributed by atoms with Gasteiger partial charge in [0.25, 0.3) is 0 Å². The number of hydrogen-bond donors (Lipinski definition) is 1. The molecule has 0 spiro atoms. The first-order valence-corrected chi connectivity index (χ1v) is 6.96. The van der Waals surface area contributed by atoms with Crippen LogP contribution in [0.3, 0.4) is 0 Å². The van der Waals surface area contributed by atoms with Gasteiger partial charge >= 0.3 is 6.18 Å². The monoisotopic (exact) mass is 275 g/mol. The van der Waals surface area contributed by atoms with E-state index in [4.69, 9.17) is 0 Å². The van der Waals surface area contributed by atoms with Crippen LogP contribution in [0.15, 0.2) is 0 Å². The second kappa shape index (κ2) is 4.74. The van der Waals surface area contributed by atoms with Crippen molar-refractivity contribution in [2.24, 2.45) is 0 Å². The van der Waals surface area contributed by atoms with Crippen molar-refractivity contribution in [3.05, 3.63) is 0 Å². The van der Waals surface area contributed by atoms with Crippen LogP contribution in [0.4, 0.5) is 13.2 Å². The highest BCUT2D eigenvalue weighted by Crippen LogP contribution is 2.28. The molecule has 1 aliphatic rings. The van der Waals surface area contributed by atoms with E-state index in [9.17, 15) is 26.7 Å². The van der Waals surface area contributed by atoms with Gasteiger partial charge < -0.3 is 5.11 Å². The van der Waals surface area contributed by atoms with Crippen molar-refractivity contribution in [2.75, 3.05) is 18.8 Å². The molecule has 1 fully saturated rings. The lowest BCUT2D eigenvalue weighted by Gasteiger charge is -2.44. The van der Waals surface area contributed by atoms with Crippen molar-refractivity contribution >= 4 is 10.0 Å². The molecule has 102 valence electrons. The summed E-state index contributed by atoms with van der Waals surface area (Å²) in [4.78, 5) is 0. The fourth-order valence-corrected chi connectivity index (χ4v) is 3.26. The van der Waals surface area contributed by atoms with E-state index in [0.29, 0.717) is 6.42 Å². The van der Waals surface area contributed by atoms with Gasteiger partial charge in [-0.25, -0.2) is 8.42 Å². The zero-order valence-electron chi connectivity index (χ0n) is 9.50. The van der Waals surface area contributed by atoms with Crippen LogP contribution in [0.2, 0.25) is 0 Å². The van der Waals surface area contributed by atoms with Crippen LogP contribution in [0.1, 0.15) is 26.2 Å². The van der Waals surface area contributed by atoms with Gasteiger partial charge in [0.1, 0.15) is 0 Å². The molecule has 1 N–H and O–H groups in total. The molecule has 4 nitrogen and oxygen atoms in total. The van der Waals surface area contributed by atoms with Crippen molar-refractivity contribution in [1.82, 2.24) is 4.31 Å². The first-order valence-electron chi connectivity index (χ1n) is 5.35. The molecule has 1 rings (SSSR count). The third kappa shape index (κ3) is 4.11. The second-order valence-corrected chi connectivity index (χ2v) is 6.47. The topological polar surface area (TPSA) is 57.6 Å². The van der Waals surface area contributed by atoms with Crippen molar-refractivity contribution in [3.63, 3.8) is 0 Å². The third-order valence-corrected chi connectivity index (χ3v) is 4.70. The molecule has 0 unspecified atom stereocenters. The Morgan fingerprint density at radius 2 is 1.88 bits per heavy atom. The van der Waals surface area contributed by atoms with Crippen molar-refractivity contribution < 1.29 is 26.7 Å². The van der Waals surface area contributed by atoms with Crippen LogP contribution < -0.4 is 0 Å². The Labute approximate surface area is 98.5 Å². The highest BCUT2D eigenvalue weighted by Gasteiger charge is 2.45. The van der Waals surface area contributed by atoms with E-state index in [1.165, 1.54) is 0 Å². The molecule has 1 aliphatic heterocycles. The SMILES string of the molecule is CCC1(O)CN(S(=O)(=O)CCCC(F)(F)F)C1. The normalized spacial score (nSPS) is 21.2. The number of sulfonamides is 1. The molecular weight excluding hydrogens is 259 g/mol. The lowest BCUT2D eigenvalue weighted by atomic mass is 9.94. The van der Waals surface area contributed by atoms with Gasteiger partial charge in [0.15, 0.2) is 0 Å². The lowest BCUT2D eigenvalue weighted by molar-refractivity contribution is -0.134. The molecule has 0 aromatic carbocycles. The quantitative estimate of drug-likeness (QED) is 0.818. The first kappa shape index (κ1) is 14.7. The number of rotatable bonds is 5. The summed E-state index contributed by atoms with van der Waals surface area (Å²) < 4.78 is 59.7. The fourth-order valence-electron chi connectivity index (χ4n) is 1.61. The molecule has 0 amide bonds. The Morgan fingerprint density at radius 1 is 1.35 bits per heavy atom. The summed E-state index contributed by atoms with van der Waals surface area (Å²) in [5.41, 5.74) is -1.00. The highest BCUT2D eigenvalue weighted by molar-refractivity contribution is 7.89. The second-order valence-electron chi connectivity index (χ2n) is 4.38. The van der Waals surface area contributed by atoms with Crippen molar-refractivity contribution in [3.8, 4) is 0 Å². The summed E-state index contributed by atoms with van der Waals surface area (Å²) in [6.07, 6.45) is -5.43. The molecule has 0 atom stereocenters. The summed E-state index contributed by atoms with van der Waals surface area (Å²) in [6.45, 7) is 1.70. The maximum Gasteiger partial charge on any atom is 0.389 e. The Hall–Kier alpha value is -0.340. The van der Waals surface area contributed by atoms with Crippen LogP contribution in [0.25, 0.3) is 0 Å². The van der Waals surface area contributed by atoms with Crippen molar-refractivity contribution in [2.45, 2.75) is 38.0 Å². The van der Waals surface area contributed by atoms with Gasteiger partial charge in [0, 0.05) is 19.5 Å². The molecule has 1 heterocycles. The highest BCUT2D eigenvalue weighted by atomic mass is 32.2. The molecule has 0 aromatic rings. The van der Waals surface area contributed by atoms with Gasteiger partial charge in [-0.15, -0.1) is 0 Å². The van der Waals surface area contributed by atoms with Gasteiger partial charge in [-0.3, -0.25) is 0 Å². The van der Waals surface area contributed by atoms with Gasteiger partial charge in [-0.2, -0.15) is 17.5 Å². The third-order valence-electron chi connectivity index (χ3n) is 2.86. The summed E-state index contributed by atoms with van der Waals surface area (Å²) in [6, 6.07) is 0. The van der Waals surface area contributed by atoms with Crippen LogP contribution in [-0.4, -0.2) is 48.4 Å². The van der Waals surface area contributed by atoms with Gasteiger partial charge in [-0.1, -0.05) is 6.92 Å². The Balaban J connectivity index is 2.39. The average molecular weight is 275 g/mol. The zero-order chi connectivity index (χ0) is 13.3. The van der Waals surface area contributed by atoms with Gasteiger partial charge in [0.2, 0.25) is 10.0 Å². The number of hydrogen-bond acceptors (Lipinski definition) is 3. The Bertz CT molecular complexity index is 360. The molecular formula is C9H16F3NO3S. The first-order chi connectivity index (χ1) is 7.58. The van der Waals surface area contributed by atoms with Crippen LogP contribution in [0.5, 0.6) is 0 Å². The summed E-state index contributed by atoms with van der Waals surface area (Å²) in [5, 5.41) is 9.62. The fraction of sp³-hybridized carbons (Fsp3) is 1.00.